The minimum atomic E-state index is -1.12. The van der Waals surface area contributed by atoms with Crippen molar-refractivity contribution < 1.29 is 14.7 Å². The fourth-order valence-electron chi connectivity index (χ4n) is 1.74. The van der Waals surface area contributed by atoms with Gasteiger partial charge in [0.2, 0.25) is 0 Å². The molecule has 6 nitrogen and oxygen atoms in total. The number of aromatic carboxylic acids is 1. The molecule has 0 atom stereocenters. The molecule has 4 N–H and O–H groups in total. The summed E-state index contributed by atoms with van der Waals surface area (Å²) in [7, 11) is 0. The summed E-state index contributed by atoms with van der Waals surface area (Å²) in [6.07, 6.45) is 0. The van der Waals surface area contributed by atoms with Crippen molar-refractivity contribution in [3.63, 3.8) is 0 Å². The first kappa shape index (κ1) is 14.0. The molecule has 1 heterocycles. The Labute approximate surface area is 119 Å². The molecule has 0 radical (unpaired) electrons. The Morgan fingerprint density at radius 3 is 2.70 bits per heavy atom. The number of benzene rings is 1. The van der Waals surface area contributed by atoms with Crippen molar-refractivity contribution in [2.24, 2.45) is 0 Å². The second kappa shape index (κ2) is 5.30. The number of aromatic nitrogens is 1. The molecule has 1 aromatic heterocycles. The molecule has 0 fully saturated rings. The van der Waals surface area contributed by atoms with E-state index in [2.05, 4.69) is 9.69 Å². The predicted molar refractivity (Wildman–Crippen MR) is 77.4 cm³/mol. The first-order valence-corrected chi connectivity index (χ1v) is 6.54. The molecule has 7 heteroatoms. The van der Waals surface area contributed by atoms with Crippen LogP contribution >= 0.6 is 11.5 Å². The Balaban J connectivity index is 2.33. The second-order valence-corrected chi connectivity index (χ2v) is 5.10. The zero-order valence-corrected chi connectivity index (χ0v) is 11.7. The number of nitrogens with one attached hydrogen (secondary N) is 1. The summed E-state index contributed by atoms with van der Waals surface area (Å²) in [4.78, 5) is 23.3. The third-order valence-electron chi connectivity index (χ3n) is 2.76. The Bertz CT molecular complexity index is 694. The largest absolute Gasteiger partial charge is 0.478 e. The lowest BCUT2D eigenvalue weighted by atomic mass is 10.1. The summed E-state index contributed by atoms with van der Waals surface area (Å²) in [5, 5.41) is 11.9. The number of carboxylic acids is 1. The van der Waals surface area contributed by atoms with Gasteiger partial charge >= 0.3 is 5.97 Å². The lowest BCUT2D eigenvalue weighted by Gasteiger charge is -2.07. The molecule has 0 spiro atoms. The first-order chi connectivity index (χ1) is 9.40. The number of aryl methyl sites for hydroxylation is 2. The van der Waals surface area contributed by atoms with E-state index in [1.54, 1.807) is 25.1 Å². The third kappa shape index (κ3) is 2.62. The molecule has 0 bridgehead atoms. The van der Waals surface area contributed by atoms with E-state index in [-0.39, 0.29) is 10.6 Å². The van der Waals surface area contributed by atoms with E-state index < -0.39 is 11.9 Å². The van der Waals surface area contributed by atoms with Gasteiger partial charge in [-0.15, -0.1) is 0 Å². The van der Waals surface area contributed by atoms with Crippen LogP contribution in [-0.2, 0) is 0 Å². The number of nitrogen functional groups attached to an aromatic ring is 1. The van der Waals surface area contributed by atoms with Gasteiger partial charge in [0.15, 0.2) is 0 Å². The first-order valence-electron chi connectivity index (χ1n) is 5.77. The van der Waals surface area contributed by atoms with Crippen LogP contribution in [0.15, 0.2) is 18.2 Å². The summed E-state index contributed by atoms with van der Waals surface area (Å²) in [6, 6.07) is 5.09. The van der Waals surface area contributed by atoms with E-state index in [1.807, 2.05) is 6.92 Å². The molecular formula is C13H13N3O3S. The van der Waals surface area contributed by atoms with E-state index in [0.29, 0.717) is 16.9 Å². The molecule has 0 aliphatic rings. The molecule has 1 amide bonds. The average Bonchev–Trinajstić information content (AvgIpc) is 2.73. The highest BCUT2D eigenvalue weighted by molar-refractivity contribution is 7.11. The molecule has 0 aliphatic carbocycles. The SMILES string of the molecule is Cc1ccc(N)c(C(=O)Nc2snc(C)c2C(=O)O)c1. The van der Waals surface area contributed by atoms with Crippen molar-refractivity contribution in [3.8, 4) is 0 Å². The van der Waals surface area contributed by atoms with Gasteiger partial charge in [-0.2, -0.15) is 4.37 Å². The van der Waals surface area contributed by atoms with Crippen molar-refractivity contribution in [1.29, 1.82) is 0 Å². The van der Waals surface area contributed by atoms with Gasteiger partial charge in [0.25, 0.3) is 5.91 Å². The summed E-state index contributed by atoms with van der Waals surface area (Å²) >= 11 is 0.934. The molecule has 0 unspecified atom stereocenters. The zero-order chi connectivity index (χ0) is 14.9. The second-order valence-electron chi connectivity index (χ2n) is 4.32. The highest BCUT2D eigenvalue weighted by Crippen LogP contribution is 2.25. The highest BCUT2D eigenvalue weighted by atomic mass is 32.1. The molecule has 2 aromatic rings. The van der Waals surface area contributed by atoms with Gasteiger partial charge < -0.3 is 16.2 Å². The number of anilines is 2. The van der Waals surface area contributed by atoms with Gasteiger partial charge in [0.1, 0.15) is 10.6 Å². The molecule has 2 rings (SSSR count). The van der Waals surface area contributed by atoms with Crippen LogP contribution < -0.4 is 11.1 Å². The van der Waals surface area contributed by atoms with E-state index in [9.17, 15) is 9.59 Å². The predicted octanol–water partition coefficient (Wildman–Crippen LogP) is 2.29. The van der Waals surface area contributed by atoms with Crippen LogP contribution in [0.5, 0.6) is 0 Å². The maximum absolute atomic E-state index is 12.2. The number of nitrogens with two attached hydrogens (primary N) is 1. The van der Waals surface area contributed by atoms with Crippen LogP contribution in [0.1, 0.15) is 32.0 Å². The third-order valence-corrected chi connectivity index (χ3v) is 3.61. The highest BCUT2D eigenvalue weighted by Gasteiger charge is 2.20. The van der Waals surface area contributed by atoms with Gasteiger partial charge in [-0.1, -0.05) is 11.6 Å². The van der Waals surface area contributed by atoms with Crippen molar-refractivity contribution in [2.75, 3.05) is 11.1 Å². The zero-order valence-electron chi connectivity index (χ0n) is 10.9. The summed E-state index contributed by atoms with van der Waals surface area (Å²) in [5.74, 6) is -1.57. The number of carboxylic acid groups (broad SMARTS) is 1. The number of rotatable bonds is 3. The van der Waals surface area contributed by atoms with Crippen LogP contribution in [0.4, 0.5) is 10.7 Å². The van der Waals surface area contributed by atoms with E-state index >= 15 is 0 Å². The molecular weight excluding hydrogens is 278 g/mol. The smallest absolute Gasteiger partial charge is 0.340 e. The van der Waals surface area contributed by atoms with E-state index in [1.165, 1.54) is 0 Å². The topological polar surface area (TPSA) is 105 Å². The van der Waals surface area contributed by atoms with E-state index in [0.717, 1.165) is 17.1 Å². The Morgan fingerprint density at radius 2 is 2.05 bits per heavy atom. The molecule has 20 heavy (non-hydrogen) atoms. The van der Waals surface area contributed by atoms with Crippen molar-refractivity contribution in [3.05, 3.63) is 40.6 Å². The van der Waals surface area contributed by atoms with Crippen LogP contribution in [0, 0.1) is 13.8 Å². The molecule has 0 aliphatic heterocycles. The Hall–Kier alpha value is -2.41. The Kier molecular flexibility index (Phi) is 3.71. The number of nitrogens with zero attached hydrogens (tertiary/aromatic N) is 1. The van der Waals surface area contributed by atoms with Crippen molar-refractivity contribution >= 4 is 34.1 Å². The average molecular weight is 291 g/mol. The summed E-state index contributed by atoms with van der Waals surface area (Å²) < 4.78 is 3.94. The fraction of sp³-hybridized carbons (Fsp3) is 0.154. The molecule has 0 saturated carbocycles. The quantitative estimate of drug-likeness (QED) is 0.752. The number of hydrogen-bond acceptors (Lipinski definition) is 5. The molecule has 0 saturated heterocycles. The number of amides is 1. The van der Waals surface area contributed by atoms with Crippen molar-refractivity contribution in [1.82, 2.24) is 4.37 Å². The minimum absolute atomic E-state index is 0.00887. The summed E-state index contributed by atoms with van der Waals surface area (Å²) in [6.45, 7) is 3.42. The Morgan fingerprint density at radius 1 is 1.35 bits per heavy atom. The number of hydrogen-bond donors (Lipinski definition) is 3. The van der Waals surface area contributed by atoms with Gasteiger partial charge in [-0.25, -0.2) is 4.79 Å². The molecule has 104 valence electrons. The maximum Gasteiger partial charge on any atom is 0.340 e. The summed E-state index contributed by atoms with van der Waals surface area (Å²) in [5.41, 5.74) is 7.68. The normalized spacial score (nSPS) is 10.3. The van der Waals surface area contributed by atoms with Crippen LogP contribution in [-0.4, -0.2) is 21.4 Å². The van der Waals surface area contributed by atoms with Crippen molar-refractivity contribution in [2.45, 2.75) is 13.8 Å². The van der Waals surface area contributed by atoms with Gasteiger partial charge in [-0.05, 0) is 37.5 Å². The van der Waals surface area contributed by atoms with Crippen LogP contribution in [0.25, 0.3) is 0 Å². The maximum atomic E-state index is 12.2. The monoisotopic (exact) mass is 291 g/mol. The van der Waals surface area contributed by atoms with Crippen LogP contribution in [0.3, 0.4) is 0 Å². The van der Waals surface area contributed by atoms with E-state index in [4.69, 9.17) is 10.8 Å². The number of carbonyl (C=O) groups excluding carboxylic acids is 1. The minimum Gasteiger partial charge on any atom is -0.478 e. The van der Waals surface area contributed by atoms with Crippen LogP contribution in [0.2, 0.25) is 0 Å². The van der Waals surface area contributed by atoms with Gasteiger partial charge in [-0.3, -0.25) is 4.79 Å². The lowest BCUT2D eigenvalue weighted by Crippen LogP contribution is -2.15. The van der Waals surface area contributed by atoms with Gasteiger partial charge in [0.05, 0.1) is 11.3 Å². The standard InChI is InChI=1S/C13H13N3O3S/c1-6-3-4-9(14)8(5-6)11(17)15-12-10(13(18)19)7(2)16-20-12/h3-5H,14H2,1-2H3,(H,15,17)(H,18,19). The fourth-order valence-corrected chi connectivity index (χ4v) is 2.53. The van der Waals surface area contributed by atoms with Gasteiger partial charge in [0, 0.05) is 5.69 Å². The molecule has 1 aromatic carbocycles. The lowest BCUT2D eigenvalue weighted by molar-refractivity contribution is 0.0697. The number of carbonyl (C=O) groups is 2.